The Labute approximate surface area is 113 Å². The molecule has 0 radical (unpaired) electrons. The van der Waals surface area contributed by atoms with Crippen LogP contribution in [-0.2, 0) is 6.42 Å². The Kier molecular flexibility index (Phi) is 4.06. The zero-order valence-electron chi connectivity index (χ0n) is 8.91. The lowest BCUT2D eigenvalue weighted by Gasteiger charge is -2.07. The molecule has 0 aliphatic carbocycles. The molecule has 1 atom stereocenters. The summed E-state index contributed by atoms with van der Waals surface area (Å²) in [4.78, 5) is 0. The van der Waals surface area contributed by atoms with Crippen LogP contribution in [0, 0.1) is 6.92 Å². The summed E-state index contributed by atoms with van der Waals surface area (Å²) in [6.45, 7) is 2.10. The first-order valence-electron chi connectivity index (χ1n) is 5.08. The molecule has 0 fully saturated rings. The zero-order chi connectivity index (χ0) is 11.5. The highest BCUT2D eigenvalue weighted by Gasteiger charge is 2.10. The van der Waals surface area contributed by atoms with Gasteiger partial charge in [0.15, 0.2) is 0 Å². The van der Waals surface area contributed by atoms with Gasteiger partial charge in [0, 0.05) is 0 Å². The summed E-state index contributed by atoms with van der Waals surface area (Å²) in [5.74, 6) is 0. The van der Waals surface area contributed by atoms with Gasteiger partial charge in [-0.1, -0.05) is 29.8 Å². The maximum atomic E-state index is 6.38. The Morgan fingerprint density at radius 3 is 2.56 bits per heavy atom. The summed E-state index contributed by atoms with van der Waals surface area (Å²) >= 11 is 11.5. The van der Waals surface area contributed by atoms with Crippen molar-refractivity contribution < 1.29 is 0 Å². The predicted octanol–water partition coefficient (Wildman–Crippen LogP) is 5.34. The molecular formula is C13H12BrClS. The molecule has 0 nitrogen and oxygen atoms in total. The van der Waals surface area contributed by atoms with E-state index in [0.29, 0.717) is 0 Å². The maximum Gasteiger partial charge on any atom is 0.0701 e. The van der Waals surface area contributed by atoms with Crippen LogP contribution in [0.3, 0.4) is 0 Å². The topological polar surface area (TPSA) is 0 Å². The van der Waals surface area contributed by atoms with E-state index in [-0.39, 0.29) is 5.38 Å². The van der Waals surface area contributed by atoms with Gasteiger partial charge in [0.05, 0.1) is 9.16 Å². The molecule has 0 spiro atoms. The third kappa shape index (κ3) is 3.09. The average Bonchev–Trinajstić information content (AvgIpc) is 2.68. The minimum absolute atomic E-state index is 0.0604. The van der Waals surface area contributed by atoms with E-state index < -0.39 is 0 Å². The molecule has 1 aromatic carbocycles. The number of halogens is 2. The molecule has 0 aliphatic heterocycles. The van der Waals surface area contributed by atoms with Gasteiger partial charge in [0.1, 0.15) is 0 Å². The molecule has 16 heavy (non-hydrogen) atoms. The van der Waals surface area contributed by atoms with Gasteiger partial charge in [0.25, 0.3) is 0 Å². The molecule has 0 bridgehead atoms. The van der Waals surface area contributed by atoms with Crippen molar-refractivity contribution in [3.05, 3.63) is 56.2 Å². The number of thiophene rings is 1. The van der Waals surface area contributed by atoms with Crippen LogP contribution >= 0.6 is 38.9 Å². The Balaban J connectivity index is 2.07. The van der Waals surface area contributed by atoms with Gasteiger partial charge in [-0.2, -0.15) is 0 Å². The Morgan fingerprint density at radius 1 is 1.31 bits per heavy atom. The molecule has 3 heteroatoms. The van der Waals surface area contributed by atoms with Crippen LogP contribution in [-0.4, -0.2) is 0 Å². The van der Waals surface area contributed by atoms with Crippen molar-refractivity contribution in [1.29, 1.82) is 0 Å². The molecule has 1 unspecified atom stereocenters. The molecule has 2 rings (SSSR count). The van der Waals surface area contributed by atoms with Gasteiger partial charge < -0.3 is 0 Å². The van der Waals surface area contributed by atoms with E-state index in [0.717, 1.165) is 10.2 Å². The summed E-state index contributed by atoms with van der Waals surface area (Å²) in [5, 5.41) is 2.17. The highest BCUT2D eigenvalue weighted by molar-refractivity contribution is 9.11. The first-order chi connectivity index (χ1) is 7.65. The SMILES string of the molecule is Cc1ccc(CC(Cl)c2csc(Br)c2)cc1. The fraction of sp³-hybridized carbons (Fsp3) is 0.231. The van der Waals surface area contributed by atoms with Crippen molar-refractivity contribution in [2.24, 2.45) is 0 Å². The van der Waals surface area contributed by atoms with Gasteiger partial charge in [-0.25, -0.2) is 0 Å². The maximum absolute atomic E-state index is 6.38. The highest BCUT2D eigenvalue weighted by Crippen LogP contribution is 2.31. The van der Waals surface area contributed by atoms with Gasteiger partial charge in [-0.3, -0.25) is 0 Å². The largest absolute Gasteiger partial charge is 0.136 e. The number of hydrogen-bond acceptors (Lipinski definition) is 1. The van der Waals surface area contributed by atoms with E-state index in [1.807, 2.05) is 0 Å². The van der Waals surface area contributed by atoms with E-state index in [2.05, 4.69) is 58.6 Å². The van der Waals surface area contributed by atoms with Crippen LogP contribution in [0.5, 0.6) is 0 Å². The summed E-state index contributed by atoms with van der Waals surface area (Å²) < 4.78 is 1.14. The molecule has 84 valence electrons. The van der Waals surface area contributed by atoms with Gasteiger partial charge in [-0.05, 0) is 51.8 Å². The predicted molar refractivity (Wildman–Crippen MR) is 75.5 cm³/mol. The van der Waals surface area contributed by atoms with Crippen molar-refractivity contribution >= 4 is 38.9 Å². The molecule has 0 N–H and O–H groups in total. The Hall–Kier alpha value is -0.310. The number of aryl methyl sites for hydroxylation is 1. The van der Waals surface area contributed by atoms with Crippen LogP contribution in [0.2, 0.25) is 0 Å². The molecule has 1 aromatic heterocycles. The molecule has 0 aliphatic rings. The number of benzene rings is 1. The van der Waals surface area contributed by atoms with Crippen LogP contribution < -0.4 is 0 Å². The van der Waals surface area contributed by atoms with Crippen LogP contribution in [0.25, 0.3) is 0 Å². The summed E-state index contributed by atoms with van der Waals surface area (Å²) in [6.07, 6.45) is 0.880. The minimum Gasteiger partial charge on any atom is -0.136 e. The summed E-state index contributed by atoms with van der Waals surface area (Å²) in [5.41, 5.74) is 3.76. The van der Waals surface area contributed by atoms with Gasteiger partial charge >= 0.3 is 0 Å². The standard InChI is InChI=1S/C13H12BrClS/c1-9-2-4-10(5-3-9)6-12(15)11-7-13(14)16-8-11/h2-5,7-8,12H,6H2,1H3. The number of rotatable bonds is 3. The van der Waals surface area contributed by atoms with E-state index in [1.54, 1.807) is 11.3 Å². The highest BCUT2D eigenvalue weighted by atomic mass is 79.9. The van der Waals surface area contributed by atoms with Crippen molar-refractivity contribution in [3.63, 3.8) is 0 Å². The average molecular weight is 316 g/mol. The normalized spacial score (nSPS) is 12.7. The van der Waals surface area contributed by atoms with E-state index >= 15 is 0 Å². The second kappa shape index (κ2) is 5.35. The van der Waals surface area contributed by atoms with Gasteiger partial charge in [-0.15, -0.1) is 22.9 Å². The van der Waals surface area contributed by atoms with Crippen molar-refractivity contribution in [2.45, 2.75) is 18.7 Å². The van der Waals surface area contributed by atoms with Crippen molar-refractivity contribution in [2.75, 3.05) is 0 Å². The van der Waals surface area contributed by atoms with E-state index in [1.165, 1.54) is 16.7 Å². The molecule has 0 saturated heterocycles. The number of hydrogen-bond donors (Lipinski definition) is 0. The van der Waals surface area contributed by atoms with Crippen LogP contribution in [0.15, 0.2) is 39.5 Å². The lowest BCUT2D eigenvalue weighted by Crippen LogP contribution is -1.94. The van der Waals surface area contributed by atoms with Crippen molar-refractivity contribution in [3.8, 4) is 0 Å². The molecule has 0 saturated carbocycles. The monoisotopic (exact) mass is 314 g/mol. The molecule has 0 amide bonds. The second-order valence-corrected chi connectivity index (χ2v) is 6.66. The lowest BCUT2D eigenvalue weighted by molar-refractivity contribution is 0.924. The van der Waals surface area contributed by atoms with Crippen LogP contribution in [0.1, 0.15) is 22.1 Å². The quantitative estimate of drug-likeness (QED) is 0.670. The minimum atomic E-state index is 0.0604. The molecular weight excluding hydrogens is 304 g/mol. The lowest BCUT2D eigenvalue weighted by atomic mass is 10.1. The first-order valence-corrected chi connectivity index (χ1v) is 7.19. The van der Waals surface area contributed by atoms with Gasteiger partial charge in [0.2, 0.25) is 0 Å². The van der Waals surface area contributed by atoms with E-state index in [9.17, 15) is 0 Å². The van der Waals surface area contributed by atoms with E-state index in [4.69, 9.17) is 11.6 Å². The zero-order valence-corrected chi connectivity index (χ0v) is 12.1. The molecule has 1 heterocycles. The fourth-order valence-electron chi connectivity index (χ4n) is 1.54. The third-order valence-corrected chi connectivity index (χ3v) is 4.41. The fourth-order valence-corrected chi connectivity index (χ4v) is 3.15. The Morgan fingerprint density at radius 2 is 2.00 bits per heavy atom. The Bertz CT molecular complexity index is 461. The van der Waals surface area contributed by atoms with Crippen LogP contribution in [0.4, 0.5) is 0 Å². The summed E-state index contributed by atoms with van der Waals surface area (Å²) in [6, 6.07) is 10.6. The summed E-state index contributed by atoms with van der Waals surface area (Å²) in [7, 11) is 0. The molecule has 2 aromatic rings. The first kappa shape index (κ1) is 12.2. The van der Waals surface area contributed by atoms with Crippen molar-refractivity contribution in [1.82, 2.24) is 0 Å². The number of alkyl halides is 1. The smallest absolute Gasteiger partial charge is 0.0701 e. The second-order valence-electron chi connectivity index (χ2n) is 3.84. The third-order valence-electron chi connectivity index (χ3n) is 2.48.